The molecule has 7 nitrogen and oxygen atoms in total. The molecule has 1 unspecified atom stereocenters. The van der Waals surface area contributed by atoms with Gasteiger partial charge < -0.3 is 10.2 Å². The fourth-order valence-electron chi connectivity index (χ4n) is 3.82. The quantitative estimate of drug-likeness (QED) is 0.557. The van der Waals surface area contributed by atoms with Gasteiger partial charge in [-0.05, 0) is 30.5 Å². The minimum atomic E-state index is 0.518. The second-order valence-electron chi connectivity index (χ2n) is 7.18. The van der Waals surface area contributed by atoms with Gasteiger partial charge in [0, 0.05) is 31.3 Å². The van der Waals surface area contributed by atoms with Crippen LogP contribution in [-0.4, -0.2) is 37.7 Å². The monoisotopic (exact) mass is 373 g/mol. The van der Waals surface area contributed by atoms with Gasteiger partial charge in [-0.2, -0.15) is 15.1 Å². The number of hydrogen-bond acceptors (Lipinski definition) is 5. The molecule has 142 valence electrons. The number of hydrogen-bond donors (Lipinski definition) is 2. The zero-order chi connectivity index (χ0) is 18.9. The van der Waals surface area contributed by atoms with Crippen molar-refractivity contribution in [2.75, 3.05) is 23.3 Å². The van der Waals surface area contributed by atoms with Crippen LogP contribution < -0.4 is 10.2 Å². The number of fused-ring (bicyclic) bond motifs is 1. The van der Waals surface area contributed by atoms with Crippen LogP contribution in [0.3, 0.4) is 0 Å². The molecule has 0 radical (unpaired) electrons. The molecular weight excluding hydrogens is 350 g/mol. The highest BCUT2D eigenvalue weighted by Crippen LogP contribution is 2.30. The van der Waals surface area contributed by atoms with Crippen LogP contribution in [0, 0.1) is 0 Å². The molecule has 0 saturated carbocycles. The van der Waals surface area contributed by atoms with E-state index in [4.69, 9.17) is 9.97 Å². The van der Waals surface area contributed by atoms with E-state index in [-0.39, 0.29) is 0 Å². The molecule has 1 aromatic carbocycles. The Morgan fingerprint density at radius 2 is 2.04 bits per heavy atom. The zero-order valence-electron chi connectivity index (χ0n) is 15.8. The molecule has 1 aliphatic rings. The van der Waals surface area contributed by atoms with Crippen LogP contribution in [0.5, 0.6) is 0 Å². The first-order valence-electron chi connectivity index (χ1n) is 9.76. The summed E-state index contributed by atoms with van der Waals surface area (Å²) in [7, 11) is 0. The lowest BCUT2D eigenvalue weighted by Gasteiger charge is -2.18. The van der Waals surface area contributed by atoms with Gasteiger partial charge in [0.15, 0.2) is 0 Å². The first kappa shape index (κ1) is 16.8. The number of aryl methyl sites for hydroxylation is 1. The smallest absolute Gasteiger partial charge is 0.230 e. The van der Waals surface area contributed by atoms with E-state index in [9.17, 15) is 0 Å². The summed E-state index contributed by atoms with van der Waals surface area (Å²) in [6, 6.07) is 16.7. The SMILES string of the molecule is CCc1cc(Nc2nc(N3CCC(c4ccccc4)C3)nc3cccn23)[nH]n1. The van der Waals surface area contributed by atoms with Crippen LogP contribution in [-0.2, 0) is 6.42 Å². The Morgan fingerprint density at radius 1 is 1.14 bits per heavy atom. The Labute approximate surface area is 163 Å². The highest BCUT2D eigenvalue weighted by Gasteiger charge is 2.26. The van der Waals surface area contributed by atoms with Gasteiger partial charge in [0.25, 0.3) is 0 Å². The topological polar surface area (TPSA) is 74.1 Å². The van der Waals surface area contributed by atoms with E-state index < -0.39 is 0 Å². The van der Waals surface area contributed by atoms with Gasteiger partial charge in [-0.25, -0.2) is 0 Å². The lowest BCUT2D eigenvalue weighted by molar-refractivity contribution is 0.772. The highest BCUT2D eigenvalue weighted by molar-refractivity contribution is 5.57. The van der Waals surface area contributed by atoms with Gasteiger partial charge in [0.05, 0.1) is 5.69 Å². The Balaban J connectivity index is 1.44. The van der Waals surface area contributed by atoms with Crippen molar-refractivity contribution >= 4 is 23.4 Å². The molecule has 2 N–H and O–H groups in total. The van der Waals surface area contributed by atoms with Gasteiger partial charge in [-0.3, -0.25) is 9.50 Å². The molecule has 3 aromatic heterocycles. The first-order valence-corrected chi connectivity index (χ1v) is 9.76. The van der Waals surface area contributed by atoms with Crippen molar-refractivity contribution in [3.05, 3.63) is 66.0 Å². The normalized spacial score (nSPS) is 16.8. The molecule has 28 heavy (non-hydrogen) atoms. The molecule has 5 rings (SSSR count). The van der Waals surface area contributed by atoms with Crippen molar-refractivity contribution in [1.82, 2.24) is 24.6 Å². The minimum absolute atomic E-state index is 0.518. The van der Waals surface area contributed by atoms with E-state index in [1.54, 1.807) is 0 Å². The second-order valence-corrected chi connectivity index (χ2v) is 7.18. The fourth-order valence-corrected chi connectivity index (χ4v) is 3.82. The Kier molecular flexibility index (Phi) is 4.20. The summed E-state index contributed by atoms with van der Waals surface area (Å²) in [5.41, 5.74) is 3.29. The predicted octanol–water partition coefficient (Wildman–Crippen LogP) is 3.75. The van der Waals surface area contributed by atoms with Crippen molar-refractivity contribution in [2.24, 2.45) is 0 Å². The third-order valence-corrected chi connectivity index (χ3v) is 5.36. The molecule has 0 bridgehead atoms. The number of aromatic nitrogens is 5. The molecule has 7 heteroatoms. The van der Waals surface area contributed by atoms with Crippen LogP contribution in [0.15, 0.2) is 54.7 Å². The van der Waals surface area contributed by atoms with E-state index in [0.29, 0.717) is 5.92 Å². The lowest BCUT2D eigenvalue weighted by atomic mass is 9.99. The van der Waals surface area contributed by atoms with Gasteiger partial charge in [0.2, 0.25) is 11.9 Å². The summed E-state index contributed by atoms with van der Waals surface area (Å²) in [4.78, 5) is 11.9. The van der Waals surface area contributed by atoms with Crippen LogP contribution >= 0.6 is 0 Å². The van der Waals surface area contributed by atoms with Crippen LogP contribution in [0.1, 0.15) is 30.5 Å². The number of benzene rings is 1. The Hall–Kier alpha value is -3.35. The highest BCUT2D eigenvalue weighted by atomic mass is 15.3. The van der Waals surface area contributed by atoms with E-state index in [1.807, 2.05) is 28.8 Å². The Bertz CT molecular complexity index is 1080. The number of nitrogens with one attached hydrogen (secondary N) is 2. The zero-order valence-corrected chi connectivity index (χ0v) is 15.8. The van der Waals surface area contributed by atoms with E-state index >= 15 is 0 Å². The van der Waals surface area contributed by atoms with Crippen molar-refractivity contribution in [2.45, 2.75) is 25.7 Å². The molecule has 0 spiro atoms. The average Bonchev–Trinajstić information content (AvgIpc) is 3.48. The van der Waals surface area contributed by atoms with E-state index in [1.165, 1.54) is 5.56 Å². The van der Waals surface area contributed by atoms with Crippen molar-refractivity contribution < 1.29 is 0 Å². The molecular formula is C21H23N7. The summed E-state index contributed by atoms with van der Waals surface area (Å²) in [6.45, 7) is 3.98. The maximum atomic E-state index is 4.83. The van der Waals surface area contributed by atoms with Crippen molar-refractivity contribution in [3.63, 3.8) is 0 Å². The van der Waals surface area contributed by atoms with Crippen LogP contribution in [0.4, 0.5) is 17.7 Å². The Morgan fingerprint density at radius 3 is 2.86 bits per heavy atom. The fraction of sp³-hybridized carbons (Fsp3) is 0.286. The number of nitrogens with zero attached hydrogens (tertiary/aromatic N) is 5. The maximum absolute atomic E-state index is 4.83. The van der Waals surface area contributed by atoms with E-state index in [2.05, 4.69) is 57.7 Å². The van der Waals surface area contributed by atoms with Gasteiger partial charge in [0.1, 0.15) is 11.5 Å². The standard InChI is InChI=1S/C21H23N7/c1-2-17-13-18(26-25-17)22-21-24-20(23-19-9-6-11-28(19)21)27-12-10-16(14-27)15-7-4-3-5-8-15/h3-9,11,13,16H,2,10,12,14H2,1H3,(H2,22,23,24,25,26). The number of rotatable bonds is 5. The molecule has 4 aromatic rings. The predicted molar refractivity (Wildman–Crippen MR) is 110 cm³/mol. The van der Waals surface area contributed by atoms with Crippen LogP contribution in [0.25, 0.3) is 5.65 Å². The maximum Gasteiger partial charge on any atom is 0.230 e. The number of aromatic amines is 1. The summed E-state index contributed by atoms with van der Waals surface area (Å²) in [5, 5.41) is 10.7. The van der Waals surface area contributed by atoms with Gasteiger partial charge in [-0.15, -0.1) is 0 Å². The van der Waals surface area contributed by atoms with Gasteiger partial charge >= 0.3 is 0 Å². The lowest BCUT2D eigenvalue weighted by Crippen LogP contribution is -2.23. The molecule has 1 aliphatic heterocycles. The molecule has 4 heterocycles. The molecule has 0 aliphatic carbocycles. The summed E-state index contributed by atoms with van der Waals surface area (Å²) in [6.07, 6.45) is 3.97. The van der Waals surface area contributed by atoms with Crippen LogP contribution in [0.2, 0.25) is 0 Å². The minimum Gasteiger partial charge on any atom is -0.340 e. The molecule has 1 saturated heterocycles. The molecule has 0 amide bonds. The summed E-state index contributed by atoms with van der Waals surface area (Å²) in [5.74, 6) is 2.85. The third kappa shape index (κ3) is 3.09. The summed E-state index contributed by atoms with van der Waals surface area (Å²) < 4.78 is 1.96. The van der Waals surface area contributed by atoms with Crippen molar-refractivity contribution in [3.8, 4) is 0 Å². The third-order valence-electron chi connectivity index (χ3n) is 5.36. The van der Waals surface area contributed by atoms with Gasteiger partial charge in [-0.1, -0.05) is 37.3 Å². The molecule has 1 atom stereocenters. The van der Waals surface area contributed by atoms with Crippen molar-refractivity contribution in [1.29, 1.82) is 0 Å². The second kappa shape index (κ2) is 6.99. The largest absolute Gasteiger partial charge is 0.340 e. The number of H-pyrrole nitrogens is 1. The molecule has 1 fully saturated rings. The van der Waals surface area contributed by atoms with E-state index in [0.717, 1.165) is 55.0 Å². The number of anilines is 3. The average molecular weight is 373 g/mol. The summed E-state index contributed by atoms with van der Waals surface area (Å²) >= 11 is 0. The first-order chi connectivity index (χ1) is 13.8.